The van der Waals surface area contributed by atoms with Crippen LogP contribution in [0.5, 0.6) is 0 Å². The summed E-state index contributed by atoms with van der Waals surface area (Å²) in [6, 6.07) is 6.34. The van der Waals surface area contributed by atoms with Gasteiger partial charge in [-0.3, -0.25) is 19.6 Å². The van der Waals surface area contributed by atoms with Crippen LogP contribution in [0.3, 0.4) is 0 Å². The highest BCUT2D eigenvalue weighted by Crippen LogP contribution is 2.35. The van der Waals surface area contributed by atoms with E-state index in [1.807, 2.05) is 13.8 Å². The van der Waals surface area contributed by atoms with E-state index in [9.17, 15) is 39.0 Å². The Balaban J connectivity index is 0.000000229. The van der Waals surface area contributed by atoms with Crippen molar-refractivity contribution < 1.29 is 58.3 Å². The number of ether oxygens (including phenoxy) is 3. The topological polar surface area (TPSA) is 323 Å². The fraction of sp³-hybridized carbons (Fsp3) is 0.564. The second-order valence-corrected chi connectivity index (χ2v) is 20.3. The molecule has 7 N–H and O–H groups in total. The number of nitrogens with one attached hydrogen (secondary N) is 4. The van der Waals surface area contributed by atoms with Gasteiger partial charge in [0.1, 0.15) is 60.2 Å². The highest BCUT2D eigenvalue weighted by atomic mass is 16.6. The number of amides is 2. The summed E-state index contributed by atoms with van der Waals surface area (Å²) in [7, 11) is 1.23. The van der Waals surface area contributed by atoms with Crippen LogP contribution in [-0.2, 0) is 59.1 Å². The maximum absolute atomic E-state index is 12.0. The Labute approximate surface area is 459 Å². The number of aromatic nitrogens is 6. The maximum atomic E-state index is 12.0. The number of piperidine rings is 2. The van der Waals surface area contributed by atoms with E-state index in [0.29, 0.717) is 35.1 Å². The number of aliphatic carboxylic acids is 3. The molecule has 0 aromatic carbocycles. The van der Waals surface area contributed by atoms with Gasteiger partial charge < -0.3 is 60.6 Å². The molecule has 0 spiro atoms. The molecule has 2 fully saturated rings. The summed E-state index contributed by atoms with van der Waals surface area (Å²) < 4.78 is 14.1. The molecular formula is C55H74N12O12. The predicted molar refractivity (Wildman–Crippen MR) is 291 cm³/mol. The SMILES string of the molecule is COC(=O)CCOC(=O)N[C@@H](CNc1nc(C)nc(N2CCC(c3ccc4c(n3)CCCC4)CC2)c1C)C(=O)O.Cc1nc(NC[C@H](NC(=O)OCCC(=O)O)C(=O)O)c(C)c(N2CCC(c3ccc4c(n3)CCCC4)CC2)n1. The molecule has 2 aliphatic carbocycles. The third-order valence-corrected chi connectivity index (χ3v) is 14.7. The first-order valence-corrected chi connectivity index (χ1v) is 27.2. The number of hydrogen-bond acceptors (Lipinski definition) is 19. The molecule has 6 heterocycles. The summed E-state index contributed by atoms with van der Waals surface area (Å²) in [6.07, 6.45) is 10.8. The molecule has 426 valence electrons. The Bertz CT molecular complexity index is 2820. The number of carboxylic acid groups (broad SMARTS) is 3. The van der Waals surface area contributed by atoms with Crippen LogP contribution in [-0.4, -0.2) is 153 Å². The largest absolute Gasteiger partial charge is 0.481 e. The van der Waals surface area contributed by atoms with Crippen molar-refractivity contribution in [2.75, 3.05) is 80.0 Å². The molecule has 2 atom stereocenters. The van der Waals surface area contributed by atoms with Gasteiger partial charge in [0.2, 0.25) is 0 Å². The number of alkyl carbamates (subject to hydrolysis) is 2. The molecule has 0 saturated carbocycles. The van der Waals surface area contributed by atoms with E-state index in [4.69, 9.17) is 29.5 Å². The lowest BCUT2D eigenvalue weighted by Crippen LogP contribution is -2.45. The molecule has 4 aromatic rings. The van der Waals surface area contributed by atoms with Crippen molar-refractivity contribution in [3.05, 3.63) is 80.9 Å². The van der Waals surface area contributed by atoms with Gasteiger partial charge in [-0.2, -0.15) is 0 Å². The summed E-state index contributed by atoms with van der Waals surface area (Å²) in [6.45, 7) is 9.83. The van der Waals surface area contributed by atoms with Gasteiger partial charge in [-0.05, 0) is 128 Å². The molecule has 2 aliphatic heterocycles. The lowest BCUT2D eigenvalue weighted by Gasteiger charge is -2.34. The number of methoxy groups -OCH3 is 1. The first-order chi connectivity index (χ1) is 38.0. The van der Waals surface area contributed by atoms with Gasteiger partial charge in [0.05, 0.1) is 20.0 Å². The number of carboxylic acids is 3. The number of rotatable bonds is 20. The van der Waals surface area contributed by atoms with Gasteiger partial charge in [-0.1, -0.05) is 12.1 Å². The molecule has 2 saturated heterocycles. The van der Waals surface area contributed by atoms with Gasteiger partial charge in [-0.15, -0.1) is 0 Å². The molecule has 0 bridgehead atoms. The van der Waals surface area contributed by atoms with Gasteiger partial charge >= 0.3 is 36.1 Å². The van der Waals surface area contributed by atoms with Crippen molar-refractivity contribution in [1.82, 2.24) is 40.5 Å². The average molecular weight is 1100 g/mol. The van der Waals surface area contributed by atoms with Crippen molar-refractivity contribution >= 4 is 59.3 Å². The van der Waals surface area contributed by atoms with E-state index in [1.54, 1.807) is 13.8 Å². The number of aryl methyl sites for hydroxylation is 6. The number of hydrogen-bond donors (Lipinski definition) is 7. The lowest BCUT2D eigenvalue weighted by molar-refractivity contribution is -0.142. The Morgan fingerprint density at radius 2 is 0.975 bits per heavy atom. The molecular weight excluding hydrogens is 1020 g/mol. The number of fused-ring (bicyclic) bond motifs is 2. The first-order valence-electron chi connectivity index (χ1n) is 27.2. The molecule has 4 aromatic heterocycles. The zero-order valence-corrected chi connectivity index (χ0v) is 45.8. The van der Waals surface area contributed by atoms with Crippen LogP contribution in [0.1, 0.15) is 133 Å². The van der Waals surface area contributed by atoms with E-state index < -0.39 is 48.1 Å². The third-order valence-electron chi connectivity index (χ3n) is 14.7. The highest BCUT2D eigenvalue weighted by Gasteiger charge is 2.29. The minimum atomic E-state index is -1.31. The Hall–Kier alpha value is -7.92. The molecule has 4 aliphatic rings. The Morgan fingerprint density at radius 3 is 1.37 bits per heavy atom. The zero-order valence-electron chi connectivity index (χ0n) is 45.8. The van der Waals surface area contributed by atoms with Crippen molar-refractivity contribution in [2.24, 2.45) is 0 Å². The van der Waals surface area contributed by atoms with Crippen molar-refractivity contribution in [3.63, 3.8) is 0 Å². The normalized spacial score (nSPS) is 16.1. The molecule has 79 heavy (non-hydrogen) atoms. The summed E-state index contributed by atoms with van der Waals surface area (Å²) in [5, 5.41) is 38.4. The number of anilines is 4. The standard InChI is InChI=1S/C28H38N6O6.C27H36N6O6/c1-17-25(29-16-23(27(36)37)33-28(38)40-15-12-24(35)39-3)30-18(2)31-26(17)34-13-10-20(11-14-34)22-9-8-19-6-4-5-7-21(19)32-22;1-16-24(28-15-22(26(36)37)32-27(38)39-14-11-23(34)35)29-17(2)30-25(16)33-12-9-19(10-13-33)21-8-7-18-5-3-4-6-20(18)31-21/h8-9,20,23H,4-7,10-16H2,1-3H3,(H,33,38)(H,36,37)(H,29,30,31);7-8,19,22H,3-6,9-15H2,1-2H3,(H,32,38)(H,34,35)(H,36,37)(H,28,29,30)/t23-;22-/m00/s1. The van der Waals surface area contributed by atoms with Crippen LogP contribution in [0.4, 0.5) is 32.9 Å². The van der Waals surface area contributed by atoms with Crippen LogP contribution in [0.2, 0.25) is 0 Å². The van der Waals surface area contributed by atoms with E-state index in [2.05, 4.69) is 75.0 Å². The molecule has 24 nitrogen and oxygen atoms in total. The van der Waals surface area contributed by atoms with Crippen molar-refractivity contribution in [2.45, 2.75) is 142 Å². The van der Waals surface area contributed by atoms with E-state index in [0.717, 1.165) is 100 Å². The van der Waals surface area contributed by atoms with E-state index in [-0.39, 0.29) is 39.1 Å². The molecule has 8 rings (SSSR count). The zero-order chi connectivity index (χ0) is 56.6. The number of esters is 1. The summed E-state index contributed by atoms with van der Waals surface area (Å²) >= 11 is 0. The fourth-order valence-corrected chi connectivity index (χ4v) is 10.3. The molecule has 24 heteroatoms. The third kappa shape index (κ3) is 16.6. The predicted octanol–water partition coefficient (Wildman–Crippen LogP) is 5.72. The first kappa shape index (κ1) is 58.8. The number of pyridine rings is 2. The smallest absolute Gasteiger partial charge is 0.407 e. The van der Waals surface area contributed by atoms with Crippen LogP contribution in [0.15, 0.2) is 24.3 Å². The second kappa shape index (κ2) is 28.1. The summed E-state index contributed by atoms with van der Waals surface area (Å²) in [5.74, 6) is 0.385. The molecule has 0 unspecified atom stereocenters. The molecule has 0 radical (unpaired) electrons. The molecule has 2 amide bonds. The van der Waals surface area contributed by atoms with E-state index in [1.165, 1.54) is 66.7 Å². The fourth-order valence-electron chi connectivity index (χ4n) is 10.3. The van der Waals surface area contributed by atoms with Crippen LogP contribution >= 0.6 is 0 Å². The van der Waals surface area contributed by atoms with Crippen LogP contribution < -0.4 is 31.1 Å². The Kier molecular flexibility index (Phi) is 20.9. The second-order valence-electron chi connectivity index (χ2n) is 20.3. The number of carbonyl (C=O) groups excluding carboxylic acids is 3. The summed E-state index contributed by atoms with van der Waals surface area (Å²) in [5.41, 5.74) is 9.30. The van der Waals surface area contributed by atoms with Crippen LogP contribution in [0.25, 0.3) is 0 Å². The van der Waals surface area contributed by atoms with Crippen molar-refractivity contribution in [3.8, 4) is 0 Å². The Morgan fingerprint density at radius 1 is 0.570 bits per heavy atom. The number of carbonyl (C=O) groups is 6. The van der Waals surface area contributed by atoms with Crippen LogP contribution in [0, 0.1) is 27.7 Å². The average Bonchev–Trinajstić information content (AvgIpc) is 3.46. The maximum Gasteiger partial charge on any atom is 0.407 e. The number of nitrogens with zero attached hydrogens (tertiary/aromatic N) is 8. The van der Waals surface area contributed by atoms with Gasteiger partial charge in [0.15, 0.2) is 0 Å². The monoisotopic (exact) mass is 1090 g/mol. The minimum absolute atomic E-state index is 0.121. The van der Waals surface area contributed by atoms with Gasteiger partial charge in [-0.25, -0.2) is 39.1 Å². The van der Waals surface area contributed by atoms with Crippen molar-refractivity contribution in [1.29, 1.82) is 0 Å². The van der Waals surface area contributed by atoms with Gasteiger partial charge in [0.25, 0.3) is 0 Å². The summed E-state index contributed by atoms with van der Waals surface area (Å²) in [4.78, 5) is 102. The highest BCUT2D eigenvalue weighted by molar-refractivity contribution is 5.81. The van der Waals surface area contributed by atoms with Gasteiger partial charge in [0, 0.05) is 85.0 Å². The quantitative estimate of drug-likeness (QED) is 0.0411. The van der Waals surface area contributed by atoms with E-state index >= 15 is 0 Å². The lowest BCUT2D eigenvalue weighted by atomic mass is 9.90. The minimum Gasteiger partial charge on any atom is -0.481 e.